The molecule has 6 heteroatoms. The van der Waals surface area contributed by atoms with Crippen LogP contribution in [-0.2, 0) is 16.9 Å². The van der Waals surface area contributed by atoms with Crippen molar-refractivity contribution >= 4 is 5.97 Å². The minimum Gasteiger partial charge on any atom is -0.480 e. The quantitative estimate of drug-likeness (QED) is 0.794. The smallest absolute Gasteiger partial charge is 0.328 e. The number of likely N-dealkylation sites (N-methyl/N-ethyl adjacent to an activating group) is 1. The molecule has 0 radical (unpaired) electrons. The molecule has 0 aliphatic rings. The molecular weight excluding hydrogens is 256 g/mol. The summed E-state index contributed by atoms with van der Waals surface area (Å²) in [7, 11) is 0. The zero-order valence-electron chi connectivity index (χ0n) is 11.4. The lowest BCUT2D eigenvalue weighted by Crippen LogP contribution is -2.49. The van der Waals surface area contributed by atoms with Gasteiger partial charge in [-0.15, -0.1) is 0 Å². The number of hydrogen-bond acceptors (Lipinski definition) is 4. The van der Waals surface area contributed by atoms with Gasteiger partial charge >= 0.3 is 5.97 Å². The molecule has 0 amide bonds. The Morgan fingerprint density at radius 1 is 1.40 bits per heavy atom. The number of aliphatic carboxylic acids is 1. The number of aryl methyl sites for hydroxylation is 1. The number of carbonyl (C=O) groups is 1. The van der Waals surface area contributed by atoms with Crippen molar-refractivity contribution in [2.45, 2.75) is 25.4 Å². The van der Waals surface area contributed by atoms with Crippen molar-refractivity contribution in [1.29, 1.82) is 0 Å². The molecule has 0 aliphatic carbocycles. The third-order valence-corrected chi connectivity index (χ3v) is 3.29. The zero-order chi connectivity index (χ0) is 14.4. The molecule has 0 fully saturated rings. The average molecular weight is 274 g/mol. The van der Waals surface area contributed by atoms with Crippen molar-refractivity contribution in [3.63, 3.8) is 0 Å². The van der Waals surface area contributed by atoms with Gasteiger partial charge in [-0.25, -0.2) is 9.78 Å². The predicted molar refractivity (Wildman–Crippen MR) is 74.1 cm³/mol. The SMILES string of the molecule is CCNC(CCn1cncn1)(C(=O)O)c1ccccc1. The van der Waals surface area contributed by atoms with E-state index >= 15 is 0 Å². The van der Waals surface area contributed by atoms with E-state index in [2.05, 4.69) is 15.4 Å². The topological polar surface area (TPSA) is 80.0 Å². The van der Waals surface area contributed by atoms with Crippen LogP contribution in [0.15, 0.2) is 43.0 Å². The second kappa shape index (κ2) is 6.29. The Labute approximate surface area is 117 Å². The molecule has 1 atom stereocenters. The predicted octanol–water partition coefficient (Wildman–Crippen LogP) is 1.26. The minimum atomic E-state index is -1.11. The van der Waals surface area contributed by atoms with Gasteiger partial charge in [0.2, 0.25) is 0 Å². The first-order chi connectivity index (χ1) is 9.69. The first kappa shape index (κ1) is 14.2. The van der Waals surface area contributed by atoms with Crippen LogP contribution in [0.3, 0.4) is 0 Å². The number of carboxylic acid groups (broad SMARTS) is 1. The van der Waals surface area contributed by atoms with Crippen LogP contribution in [0.25, 0.3) is 0 Å². The van der Waals surface area contributed by atoms with Gasteiger partial charge < -0.3 is 5.11 Å². The summed E-state index contributed by atoms with van der Waals surface area (Å²) in [6.07, 6.45) is 3.42. The molecule has 0 spiro atoms. The van der Waals surface area contributed by atoms with Gasteiger partial charge in [0.1, 0.15) is 18.2 Å². The van der Waals surface area contributed by atoms with Gasteiger partial charge in [-0.1, -0.05) is 37.3 Å². The van der Waals surface area contributed by atoms with Gasteiger partial charge in [0.05, 0.1) is 0 Å². The van der Waals surface area contributed by atoms with Crippen LogP contribution in [0, 0.1) is 0 Å². The summed E-state index contributed by atoms with van der Waals surface area (Å²) >= 11 is 0. The number of carboxylic acids is 1. The molecule has 0 aliphatic heterocycles. The monoisotopic (exact) mass is 274 g/mol. The fourth-order valence-electron chi connectivity index (χ4n) is 2.30. The highest BCUT2D eigenvalue weighted by Crippen LogP contribution is 2.26. The summed E-state index contributed by atoms with van der Waals surface area (Å²) in [5, 5.41) is 16.9. The van der Waals surface area contributed by atoms with Crippen molar-refractivity contribution in [3.05, 3.63) is 48.5 Å². The number of hydrogen-bond donors (Lipinski definition) is 2. The fraction of sp³-hybridized carbons (Fsp3) is 0.357. The average Bonchev–Trinajstić information content (AvgIpc) is 2.97. The maximum Gasteiger partial charge on any atom is 0.328 e. The lowest BCUT2D eigenvalue weighted by atomic mass is 9.86. The second-order valence-corrected chi connectivity index (χ2v) is 4.52. The molecule has 20 heavy (non-hydrogen) atoms. The van der Waals surface area contributed by atoms with Gasteiger partial charge in [0, 0.05) is 13.0 Å². The number of nitrogens with zero attached hydrogens (tertiary/aromatic N) is 3. The van der Waals surface area contributed by atoms with Crippen molar-refractivity contribution in [3.8, 4) is 0 Å². The number of benzene rings is 1. The highest BCUT2D eigenvalue weighted by Gasteiger charge is 2.39. The summed E-state index contributed by atoms with van der Waals surface area (Å²) in [5.74, 6) is -0.884. The summed E-state index contributed by atoms with van der Waals surface area (Å²) in [6.45, 7) is 2.95. The molecule has 2 aromatic rings. The Hall–Kier alpha value is -2.21. The minimum absolute atomic E-state index is 0.392. The maximum absolute atomic E-state index is 11.9. The summed E-state index contributed by atoms with van der Waals surface area (Å²) < 4.78 is 1.64. The van der Waals surface area contributed by atoms with Crippen LogP contribution in [0.2, 0.25) is 0 Å². The van der Waals surface area contributed by atoms with Gasteiger partial charge in [-0.3, -0.25) is 10.00 Å². The molecule has 1 aromatic carbocycles. The Kier molecular flexibility index (Phi) is 4.47. The van der Waals surface area contributed by atoms with Crippen molar-refractivity contribution in [2.24, 2.45) is 0 Å². The van der Waals surface area contributed by atoms with E-state index < -0.39 is 11.5 Å². The van der Waals surface area contributed by atoms with E-state index in [1.807, 2.05) is 37.3 Å². The summed E-state index contributed by atoms with van der Waals surface area (Å²) in [5.41, 5.74) is -0.364. The van der Waals surface area contributed by atoms with E-state index in [4.69, 9.17) is 0 Å². The largest absolute Gasteiger partial charge is 0.480 e. The van der Waals surface area contributed by atoms with E-state index in [0.29, 0.717) is 19.5 Å². The zero-order valence-corrected chi connectivity index (χ0v) is 11.4. The molecule has 0 bridgehead atoms. The third-order valence-electron chi connectivity index (χ3n) is 3.29. The fourth-order valence-corrected chi connectivity index (χ4v) is 2.30. The third kappa shape index (κ3) is 2.85. The van der Waals surface area contributed by atoms with Gasteiger partial charge in [0.15, 0.2) is 0 Å². The number of rotatable bonds is 7. The van der Waals surface area contributed by atoms with E-state index in [9.17, 15) is 9.90 Å². The molecule has 106 valence electrons. The van der Waals surface area contributed by atoms with Crippen LogP contribution in [0.5, 0.6) is 0 Å². The van der Waals surface area contributed by atoms with Crippen LogP contribution in [0.1, 0.15) is 18.9 Å². The first-order valence-corrected chi connectivity index (χ1v) is 6.55. The standard InChI is InChI=1S/C14H18N4O2/c1-2-16-14(13(19)20,12-6-4-3-5-7-12)8-9-18-11-15-10-17-18/h3-7,10-11,16H,2,8-9H2,1H3,(H,19,20). The van der Waals surface area contributed by atoms with Crippen molar-refractivity contribution in [1.82, 2.24) is 20.1 Å². The van der Waals surface area contributed by atoms with E-state index in [1.165, 1.54) is 6.33 Å². The van der Waals surface area contributed by atoms with Crippen LogP contribution in [-0.4, -0.2) is 32.4 Å². The lowest BCUT2D eigenvalue weighted by molar-refractivity contribution is -0.146. The molecular formula is C14H18N4O2. The van der Waals surface area contributed by atoms with E-state index in [1.54, 1.807) is 11.0 Å². The first-order valence-electron chi connectivity index (χ1n) is 6.55. The van der Waals surface area contributed by atoms with Crippen LogP contribution >= 0.6 is 0 Å². The van der Waals surface area contributed by atoms with Crippen molar-refractivity contribution < 1.29 is 9.90 Å². The van der Waals surface area contributed by atoms with E-state index in [-0.39, 0.29) is 0 Å². The van der Waals surface area contributed by atoms with Crippen LogP contribution in [0.4, 0.5) is 0 Å². The number of aromatic nitrogens is 3. The van der Waals surface area contributed by atoms with E-state index in [0.717, 1.165) is 5.56 Å². The Morgan fingerprint density at radius 2 is 2.15 bits per heavy atom. The lowest BCUT2D eigenvalue weighted by Gasteiger charge is -2.30. The van der Waals surface area contributed by atoms with Gasteiger partial charge in [-0.2, -0.15) is 5.10 Å². The normalized spacial score (nSPS) is 13.8. The molecule has 2 rings (SSSR count). The maximum atomic E-state index is 11.9. The molecule has 0 saturated carbocycles. The van der Waals surface area contributed by atoms with Gasteiger partial charge in [-0.05, 0) is 12.1 Å². The summed E-state index contributed by atoms with van der Waals surface area (Å²) in [6, 6.07) is 9.23. The molecule has 1 unspecified atom stereocenters. The van der Waals surface area contributed by atoms with Gasteiger partial charge in [0.25, 0.3) is 0 Å². The highest BCUT2D eigenvalue weighted by molar-refractivity contribution is 5.80. The Balaban J connectivity index is 2.29. The summed E-state index contributed by atoms with van der Waals surface area (Å²) in [4.78, 5) is 15.7. The number of nitrogens with one attached hydrogen (secondary N) is 1. The molecule has 2 N–H and O–H groups in total. The highest BCUT2D eigenvalue weighted by atomic mass is 16.4. The Morgan fingerprint density at radius 3 is 2.70 bits per heavy atom. The molecule has 1 aromatic heterocycles. The molecule has 0 saturated heterocycles. The molecule has 6 nitrogen and oxygen atoms in total. The molecule has 1 heterocycles. The second-order valence-electron chi connectivity index (χ2n) is 4.52. The van der Waals surface area contributed by atoms with Crippen molar-refractivity contribution in [2.75, 3.05) is 6.54 Å². The van der Waals surface area contributed by atoms with Crippen LogP contribution < -0.4 is 5.32 Å². The Bertz CT molecular complexity index is 542.